The van der Waals surface area contributed by atoms with E-state index in [1.165, 1.54) is 16.8 Å². The van der Waals surface area contributed by atoms with Crippen molar-refractivity contribution in [3.8, 4) is 0 Å². The fraction of sp³-hybridized carbons (Fsp3) is 0.556. The molecule has 2 heterocycles. The SMILES string of the molecule is Nc1ccn([C@@H]2O[C@H](CO)[C@H](O)C2O)c(=S)n1. The van der Waals surface area contributed by atoms with Gasteiger partial charge in [0, 0.05) is 6.20 Å². The topological polar surface area (TPSA) is 114 Å². The Morgan fingerprint density at radius 2 is 2.18 bits per heavy atom. The van der Waals surface area contributed by atoms with Crippen LogP contribution in [0.4, 0.5) is 5.82 Å². The van der Waals surface area contributed by atoms with Gasteiger partial charge in [0.1, 0.15) is 24.1 Å². The Hall–Kier alpha value is -1.06. The Morgan fingerprint density at radius 3 is 2.71 bits per heavy atom. The number of nitrogen functional groups attached to an aromatic ring is 1. The highest BCUT2D eigenvalue weighted by Crippen LogP contribution is 2.29. The van der Waals surface area contributed by atoms with Crippen LogP contribution >= 0.6 is 12.2 Å². The van der Waals surface area contributed by atoms with Crippen LogP contribution < -0.4 is 5.73 Å². The summed E-state index contributed by atoms with van der Waals surface area (Å²) >= 11 is 4.98. The summed E-state index contributed by atoms with van der Waals surface area (Å²) in [7, 11) is 0. The van der Waals surface area contributed by atoms with E-state index in [0.717, 1.165) is 0 Å². The first-order valence-corrected chi connectivity index (χ1v) is 5.42. The average Bonchev–Trinajstić information content (AvgIpc) is 2.57. The monoisotopic (exact) mass is 259 g/mol. The van der Waals surface area contributed by atoms with E-state index in [2.05, 4.69) is 4.98 Å². The van der Waals surface area contributed by atoms with Crippen molar-refractivity contribution in [3.05, 3.63) is 17.0 Å². The molecule has 1 aliphatic rings. The molecule has 0 amide bonds. The minimum absolute atomic E-state index is 0.139. The number of aliphatic hydroxyl groups excluding tert-OH is 3. The minimum atomic E-state index is -1.18. The average molecular weight is 259 g/mol. The Morgan fingerprint density at radius 1 is 1.47 bits per heavy atom. The summed E-state index contributed by atoms with van der Waals surface area (Å²) in [5.41, 5.74) is 5.46. The van der Waals surface area contributed by atoms with Crippen LogP contribution in [0.1, 0.15) is 6.23 Å². The van der Waals surface area contributed by atoms with E-state index < -0.39 is 24.5 Å². The van der Waals surface area contributed by atoms with Crippen molar-refractivity contribution in [2.75, 3.05) is 12.3 Å². The summed E-state index contributed by atoms with van der Waals surface area (Å²) in [5.74, 6) is 0.262. The van der Waals surface area contributed by atoms with Gasteiger partial charge in [0.15, 0.2) is 6.23 Å². The normalized spacial score (nSPS) is 32.9. The van der Waals surface area contributed by atoms with E-state index in [0.29, 0.717) is 0 Å². The predicted octanol–water partition coefficient (Wildman–Crippen LogP) is -1.19. The molecule has 0 bridgehead atoms. The number of nitrogens with two attached hydrogens (primary N) is 1. The van der Waals surface area contributed by atoms with E-state index in [9.17, 15) is 10.2 Å². The number of ether oxygens (including phenoxy) is 1. The molecule has 0 spiro atoms. The largest absolute Gasteiger partial charge is 0.394 e. The molecule has 8 heteroatoms. The predicted molar refractivity (Wildman–Crippen MR) is 60.5 cm³/mol. The Balaban J connectivity index is 2.32. The maximum absolute atomic E-state index is 9.79. The minimum Gasteiger partial charge on any atom is -0.394 e. The molecule has 1 aliphatic heterocycles. The molecule has 0 aromatic carbocycles. The van der Waals surface area contributed by atoms with Gasteiger partial charge in [-0.05, 0) is 18.3 Å². The standard InChI is InChI=1S/C9H13N3O4S/c10-5-1-2-12(9(17)11-5)8-7(15)6(14)4(3-13)16-8/h1-2,4,6-8,13-15H,3H2,(H2,10,11,17)/t4-,6+,7?,8-/m1/s1. The molecule has 1 aromatic heterocycles. The molecule has 94 valence electrons. The first-order chi connectivity index (χ1) is 8.04. The molecule has 7 nitrogen and oxygen atoms in total. The van der Waals surface area contributed by atoms with E-state index in [4.69, 9.17) is 27.8 Å². The van der Waals surface area contributed by atoms with Crippen LogP contribution in [-0.4, -0.2) is 49.8 Å². The van der Waals surface area contributed by atoms with Gasteiger partial charge in [-0.2, -0.15) is 0 Å². The Labute approximate surface area is 102 Å². The second-order valence-corrected chi connectivity index (χ2v) is 4.14. The highest BCUT2D eigenvalue weighted by molar-refractivity contribution is 7.71. The number of aromatic nitrogens is 2. The molecule has 1 saturated heterocycles. The van der Waals surface area contributed by atoms with Crippen molar-refractivity contribution in [2.45, 2.75) is 24.5 Å². The molecule has 1 fully saturated rings. The lowest BCUT2D eigenvalue weighted by atomic mass is 10.1. The number of anilines is 1. The number of hydrogen-bond acceptors (Lipinski definition) is 7. The van der Waals surface area contributed by atoms with Crippen LogP contribution in [0.15, 0.2) is 12.3 Å². The van der Waals surface area contributed by atoms with Crippen molar-refractivity contribution in [1.82, 2.24) is 9.55 Å². The highest BCUT2D eigenvalue weighted by Gasteiger charge is 2.43. The van der Waals surface area contributed by atoms with Gasteiger partial charge in [0.25, 0.3) is 0 Å². The van der Waals surface area contributed by atoms with Crippen molar-refractivity contribution < 1.29 is 20.1 Å². The zero-order valence-corrected chi connectivity index (χ0v) is 9.62. The van der Waals surface area contributed by atoms with Gasteiger partial charge in [0.05, 0.1) is 6.61 Å². The number of hydrogen-bond donors (Lipinski definition) is 4. The van der Waals surface area contributed by atoms with Gasteiger partial charge < -0.3 is 25.8 Å². The van der Waals surface area contributed by atoms with Crippen molar-refractivity contribution in [1.29, 1.82) is 0 Å². The molecule has 0 radical (unpaired) electrons. The first kappa shape index (κ1) is 12.4. The third-order valence-corrected chi connectivity index (χ3v) is 2.94. The van der Waals surface area contributed by atoms with Gasteiger partial charge in [-0.15, -0.1) is 0 Å². The highest BCUT2D eigenvalue weighted by atomic mass is 32.1. The van der Waals surface area contributed by atoms with Crippen LogP contribution in [-0.2, 0) is 4.74 Å². The molecule has 1 unspecified atom stereocenters. The quantitative estimate of drug-likeness (QED) is 0.494. The zero-order valence-electron chi connectivity index (χ0n) is 8.80. The maximum atomic E-state index is 9.79. The van der Waals surface area contributed by atoms with Crippen LogP contribution in [0.5, 0.6) is 0 Å². The lowest BCUT2D eigenvalue weighted by Crippen LogP contribution is -2.33. The van der Waals surface area contributed by atoms with Crippen LogP contribution in [0, 0.1) is 4.77 Å². The molecule has 2 rings (SSSR count). The summed E-state index contributed by atoms with van der Waals surface area (Å²) in [6, 6.07) is 1.50. The Kier molecular flexibility index (Phi) is 3.40. The van der Waals surface area contributed by atoms with Gasteiger partial charge >= 0.3 is 0 Å². The second-order valence-electron chi connectivity index (χ2n) is 3.77. The smallest absolute Gasteiger partial charge is 0.203 e. The molecular weight excluding hydrogens is 246 g/mol. The van der Waals surface area contributed by atoms with Crippen molar-refractivity contribution >= 4 is 18.0 Å². The number of nitrogens with zero attached hydrogens (tertiary/aromatic N) is 2. The van der Waals surface area contributed by atoms with Crippen molar-refractivity contribution in [3.63, 3.8) is 0 Å². The summed E-state index contributed by atoms with van der Waals surface area (Å²) in [6.07, 6.45) is -2.53. The van der Waals surface area contributed by atoms with Gasteiger partial charge in [-0.3, -0.25) is 4.57 Å². The lowest BCUT2D eigenvalue weighted by Gasteiger charge is -2.18. The molecular formula is C9H13N3O4S. The van der Waals surface area contributed by atoms with Gasteiger partial charge in [-0.1, -0.05) is 0 Å². The maximum Gasteiger partial charge on any atom is 0.203 e. The van der Waals surface area contributed by atoms with Crippen LogP contribution in [0.25, 0.3) is 0 Å². The fourth-order valence-electron chi connectivity index (χ4n) is 1.73. The summed E-state index contributed by atoms with van der Waals surface area (Å²) in [6.45, 7) is -0.384. The number of aliphatic hydroxyl groups is 3. The van der Waals surface area contributed by atoms with Crippen LogP contribution in [0.2, 0.25) is 0 Å². The second kappa shape index (κ2) is 4.67. The molecule has 5 N–H and O–H groups in total. The van der Waals surface area contributed by atoms with Crippen molar-refractivity contribution in [2.24, 2.45) is 0 Å². The van der Waals surface area contributed by atoms with E-state index in [-0.39, 0.29) is 17.2 Å². The number of rotatable bonds is 2. The Bertz CT molecular complexity index is 466. The van der Waals surface area contributed by atoms with Gasteiger partial charge in [-0.25, -0.2) is 4.98 Å². The first-order valence-electron chi connectivity index (χ1n) is 5.01. The summed E-state index contributed by atoms with van der Waals surface area (Å²) in [5, 5.41) is 28.4. The van der Waals surface area contributed by atoms with Gasteiger partial charge in [0.2, 0.25) is 4.77 Å². The van der Waals surface area contributed by atoms with Crippen LogP contribution in [0.3, 0.4) is 0 Å². The molecule has 0 saturated carbocycles. The molecule has 1 aromatic rings. The van der Waals surface area contributed by atoms with E-state index >= 15 is 0 Å². The van der Waals surface area contributed by atoms with E-state index in [1.54, 1.807) is 0 Å². The summed E-state index contributed by atoms with van der Waals surface area (Å²) in [4.78, 5) is 3.85. The molecule has 4 atom stereocenters. The van der Waals surface area contributed by atoms with E-state index in [1.807, 2.05) is 0 Å². The zero-order chi connectivity index (χ0) is 12.6. The molecule has 17 heavy (non-hydrogen) atoms. The third-order valence-electron chi connectivity index (χ3n) is 2.64. The molecule has 0 aliphatic carbocycles. The third kappa shape index (κ3) is 2.17. The lowest BCUT2D eigenvalue weighted by molar-refractivity contribution is -0.0540. The fourth-order valence-corrected chi connectivity index (χ4v) is 2.00. The summed E-state index contributed by atoms with van der Waals surface area (Å²) < 4.78 is 6.83.